The summed E-state index contributed by atoms with van der Waals surface area (Å²) in [4.78, 5) is 35.6. The van der Waals surface area contributed by atoms with Gasteiger partial charge in [-0.25, -0.2) is 9.67 Å². The summed E-state index contributed by atoms with van der Waals surface area (Å²) in [5.74, 6) is 1.68. The molecule has 0 saturated carbocycles. The van der Waals surface area contributed by atoms with E-state index >= 15 is 0 Å². The number of aromatic nitrogens is 4. The number of carbonyl (C=O) groups is 2. The molecular weight excluding hydrogens is 446 g/mol. The van der Waals surface area contributed by atoms with Crippen LogP contribution in [0.1, 0.15) is 67.1 Å². The quantitative estimate of drug-likeness (QED) is 0.507. The number of hydrogen-bond acceptors (Lipinski definition) is 7. The van der Waals surface area contributed by atoms with Gasteiger partial charge in [-0.05, 0) is 64.4 Å². The van der Waals surface area contributed by atoms with E-state index in [0.29, 0.717) is 28.8 Å². The number of amides is 2. The second-order valence-electron chi connectivity index (χ2n) is 8.98. The zero-order valence-corrected chi connectivity index (χ0v) is 20.3. The zero-order chi connectivity index (χ0) is 24.9. The summed E-state index contributed by atoms with van der Waals surface area (Å²) in [5.41, 5.74) is 6.49. The van der Waals surface area contributed by atoms with Crippen molar-refractivity contribution < 1.29 is 14.3 Å². The number of ether oxygens (including phenoxy) is 1. The molecule has 1 fully saturated rings. The summed E-state index contributed by atoms with van der Waals surface area (Å²) >= 11 is 0. The molecule has 0 spiro atoms. The molecule has 1 aliphatic heterocycles. The number of likely N-dealkylation sites (tertiary alicyclic amines) is 1. The number of piperidine rings is 1. The van der Waals surface area contributed by atoms with Crippen LogP contribution < -0.4 is 15.8 Å². The smallest absolute Gasteiger partial charge is 0.248 e. The van der Waals surface area contributed by atoms with Gasteiger partial charge in [0.1, 0.15) is 17.4 Å². The fraction of sp³-hybridized carbons (Fsp3) is 0.400. The number of anilines is 1. The lowest BCUT2D eigenvalue weighted by atomic mass is 10.0. The molecule has 0 aliphatic carbocycles. The highest BCUT2D eigenvalue weighted by molar-refractivity contribution is 5.93. The second-order valence-corrected chi connectivity index (χ2v) is 8.98. The number of nitrogens with two attached hydrogens (primary N) is 1. The first-order valence-electron chi connectivity index (χ1n) is 11.8. The van der Waals surface area contributed by atoms with Gasteiger partial charge in [0.05, 0.1) is 18.8 Å². The average molecular weight is 478 g/mol. The van der Waals surface area contributed by atoms with Crippen LogP contribution in [0.15, 0.2) is 42.6 Å². The Bertz CT molecular complexity index is 1190. The molecule has 3 aromatic rings. The summed E-state index contributed by atoms with van der Waals surface area (Å²) in [6.45, 7) is 6.94. The van der Waals surface area contributed by atoms with Crippen LogP contribution in [0, 0.1) is 6.92 Å². The summed E-state index contributed by atoms with van der Waals surface area (Å²) in [6, 6.07) is 10.2. The summed E-state index contributed by atoms with van der Waals surface area (Å²) in [6.07, 6.45) is 4.58. The van der Waals surface area contributed by atoms with Crippen molar-refractivity contribution in [3.8, 4) is 11.6 Å². The van der Waals surface area contributed by atoms with Crippen LogP contribution in [0.3, 0.4) is 0 Å². The first-order valence-corrected chi connectivity index (χ1v) is 11.8. The van der Waals surface area contributed by atoms with Gasteiger partial charge < -0.3 is 15.8 Å². The normalized spacial score (nSPS) is 16.3. The molecule has 1 atom stereocenters. The lowest BCUT2D eigenvalue weighted by Gasteiger charge is -2.34. The standard InChI is InChI=1S/C25H31N7O3/c1-16(2)32-21(11-12-27-32)29-22(33)15-31-13-5-4-6-20(31)25-28-17(3)14-23(30-25)35-19-9-7-18(8-10-19)24(26)34/h7-12,14,16,20H,4-6,13,15H2,1-3H3,(H2,26,34)(H,29,33)/t20-/m1/s1. The fourth-order valence-corrected chi connectivity index (χ4v) is 4.24. The maximum atomic E-state index is 12.9. The van der Waals surface area contributed by atoms with Gasteiger partial charge in [0.2, 0.25) is 17.7 Å². The van der Waals surface area contributed by atoms with Gasteiger partial charge in [0.15, 0.2) is 0 Å². The van der Waals surface area contributed by atoms with E-state index in [-0.39, 0.29) is 24.5 Å². The first kappa shape index (κ1) is 24.3. The van der Waals surface area contributed by atoms with Crippen LogP contribution in [0.2, 0.25) is 0 Å². The van der Waals surface area contributed by atoms with Crippen molar-refractivity contribution >= 4 is 17.6 Å². The van der Waals surface area contributed by atoms with E-state index in [1.807, 2.05) is 20.8 Å². The molecule has 4 rings (SSSR count). The number of primary amides is 1. The molecule has 0 unspecified atom stereocenters. The topological polar surface area (TPSA) is 128 Å². The maximum absolute atomic E-state index is 12.9. The molecule has 184 valence electrons. The van der Waals surface area contributed by atoms with Crippen molar-refractivity contribution in [2.24, 2.45) is 5.73 Å². The molecular formula is C25H31N7O3. The van der Waals surface area contributed by atoms with E-state index in [9.17, 15) is 9.59 Å². The van der Waals surface area contributed by atoms with Gasteiger partial charge >= 0.3 is 0 Å². The number of nitrogens with one attached hydrogen (secondary N) is 1. The third-order valence-corrected chi connectivity index (χ3v) is 5.89. The summed E-state index contributed by atoms with van der Waals surface area (Å²) in [5, 5.41) is 7.26. The van der Waals surface area contributed by atoms with Crippen molar-refractivity contribution in [1.29, 1.82) is 0 Å². The Morgan fingerprint density at radius 2 is 1.94 bits per heavy atom. The van der Waals surface area contributed by atoms with Crippen molar-refractivity contribution in [3.05, 3.63) is 59.7 Å². The van der Waals surface area contributed by atoms with Crippen LogP contribution >= 0.6 is 0 Å². The lowest BCUT2D eigenvalue weighted by molar-refractivity contribution is -0.118. The Morgan fingerprint density at radius 1 is 1.17 bits per heavy atom. The molecule has 1 aliphatic rings. The summed E-state index contributed by atoms with van der Waals surface area (Å²) < 4.78 is 7.72. The molecule has 35 heavy (non-hydrogen) atoms. The van der Waals surface area contributed by atoms with Gasteiger partial charge in [-0.2, -0.15) is 10.1 Å². The lowest BCUT2D eigenvalue weighted by Crippen LogP contribution is -2.40. The maximum Gasteiger partial charge on any atom is 0.248 e. The third-order valence-electron chi connectivity index (χ3n) is 5.89. The number of nitrogens with zero attached hydrogens (tertiary/aromatic N) is 5. The van der Waals surface area contributed by atoms with E-state index in [4.69, 9.17) is 10.5 Å². The minimum atomic E-state index is -0.494. The van der Waals surface area contributed by atoms with Gasteiger partial charge in [0, 0.05) is 29.4 Å². The average Bonchev–Trinajstić information content (AvgIpc) is 3.27. The number of hydrogen-bond donors (Lipinski definition) is 2. The van der Waals surface area contributed by atoms with Crippen molar-refractivity contribution in [3.63, 3.8) is 0 Å². The van der Waals surface area contributed by atoms with Crippen molar-refractivity contribution in [2.75, 3.05) is 18.4 Å². The molecule has 10 nitrogen and oxygen atoms in total. The first-order chi connectivity index (χ1) is 16.8. The van der Waals surface area contributed by atoms with E-state index in [1.54, 1.807) is 47.3 Å². The minimum absolute atomic E-state index is 0.0935. The number of carbonyl (C=O) groups excluding carboxylic acids is 2. The monoisotopic (exact) mass is 477 g/mol. The number of aryl methyl sites for hydroxylation is 1. The molecule has 0 bridgehead atoms. The van der Waals surface area contributed by atoms with Crippen LogP contribution in [0.5, 0.6) is 11.6 Å². The highest BCUT2D eigenvalue weighted by atomic mass is 16.5. The molecule has 3 heterocycles. The third kappa shape index (κ3) is 6.02. The Labute approximate surface area is 204 Å². The van der Waals surface area contributed by atoms with Crippen molar-refractivity contribution in [2.45, 2.75) is 52.1 Å². The van der Waals surface area contributed by atoms with Gasteiger partial charge in [0.25, 0.3) is 0 Å². The largest absolute Gasteiger partial charge is 0.439 e. The molecule has 1 aromatic carbocycles. The summed E-state index contributed by atoms with van der Waals surface area (Å²) in [7, 11) is 0. The van der Waals surface area contributed by atoms with E-state index in [1.165, 1.54) is 0 Å². The highest BCUT2D eigenvalue weighted by Crippen LogP contribution is 2.31. The number of rotatable bonds is 8. The SMILES string of the molecule is Cc1cc(Oc2ccc(C(N)=O)cc2)nc([C@H]2CCCCN2CC(=O)Nc2ccnn2C(C)C)n1. The van der Waals surface area contributed by atoms with Crippen LogP contribution in [0.4, 0.5) is 5.82 Å². The minimum Gasteiger partial charge on any atom is -0.439 e. The molecule has 2 amide bonds. The zero-order valence-electron chi connectivity index (χ0n) is 20.3. The van der Waals surface area contributed by atoms with Gasteiger partial charge in [-0.3, -0.25) is 14.5 Å². The second kappa shape index (κ2) is 10.6. The molecule has 2 aromatic heterocycles. The molecule has 0 radical (unpaired) electrons. The fourth-order valence-electron chi connectivity index (χ4n) is 4.24. The van der Waals surface area contributed by atoms with E-state index < -0.39 is 5.91 Å². The molecule has 1 saturated heterocycles. The Kier molecular flexibility index (Phi) is 7.40. The van der Waals surface area contributed by atoms with Gasteiger partial charge in [-0.15, -0.1) is 0 Å². The molecule has 3 N–H and O–H groups in total. The van der Waals surface area contributed by atoms with Crippen LogP contribution in [0.25, 0.3) is 0 Å². The molecule has 10 heteroatoms. The van der Waals surface area contributed by atoms with Crippen molar-refractivity contribution in [1.82, 2.24) is 24.6 Å². The number of benzene rings is 1. The highest BCUT2D eigenvalue weighted by Gasteiger charge is 2.29. The van der Waals surface area contributed by atoms with Crippen LogP contribution in [-0.2, 0) is 4.79 Å². The predicted molar refractivity (Wildman–Crippen MR) is 131 cm³/mol. The van der Waals surface area contributed by atoms with Crippen LogP contribution in [-0.4, -0.2) is 49.6 Å². The Hall–Kier alpha value is -3.79. The van der Waals surface area contributed by atoms with E-state index in [0.717, 1.165) is 31.5 Å². The van der Waals surface area contributed by atoms with E-state index in [2.05, 4.69) is 25.3 Å². The predicted octanol–water partition coefficient (Wildman–Crippen LogP) is 3.62. The van der Waals surface area contributed by atoms with Gasteiger partial charge in [-0.1, -0.05) is 6.42 Å². The Balaban J connectivity index is 1.49. The Morgan fingerprint density at radius 3 is 2.66 bits per heavy atom.